The van der Waals surface area contributed by atoms with E-state index in [9.17, 15) is 10.2 Å². The molecule has 25 heavy (non-hydrogen) atoms. The van der Waals surface area contributed by atoms with Gasteiger partial charge in [0.25, 0.3) is 0 Å². The van der Waals surface area contributed by atoms with E-state index in [0.717, 1.165) is 32.1 Å². The molecule has 0 saturated heterocycles. The van der Waals surface area contributed by atoms with Crippen molar-refractivity contribution in [2.75, 3.05) is 7.11 Å². The Morgan fingerprint density at radius 1 is 1.32 bits per heavy atom. The zero-order chi connectivity index (χ0) is 17.8. The number of phenols is 1. The number of benzene rings is 1. The second-order valence-corrected chi connectivity index (χ2v) is 9.09. The highest BCUT2D eigenvalue weighted by atomic mass is 127. The van der Waals surface area contributed by atoms with Crippen LogP contribution in [0.2, 0.25) is 0 Å². The van der Waals surface area contributed by atoms with Crippen LogP contribution in [0.4, 0.5) is 0 Å². The van der Waals surface area contributed by atoms with Gasteiger partial charge in [0.2, 0.25) is 0 Å². The summed E-state index contributed by atoms with van der Waals surface area (Å²) in [6.45, 7) is 2.27. The number of rotatable bonds is 2. The molecule has 3 aliphatic rings. The van der Waals surface area contributed by atoms with Crippen LogP contribution in [-0.2, 0) is 11.2 Å². The molecule has 0 unspecified atom stereocenters. The van der Waals surface area contributed by atoms with Gasteiger partial charge >= 0.3 is 0 Å². The fourth-order valence-electron chi connectivity index (χ4n) is 6.26. The number of hydrogen-bond acceptors (Lipinski definition) is 3. The Bertz CT molecular complexity index is 702. The second-order valence-electron chi connectivity index (χ2n) is 8.37. The predicted molar refractivity (Wildman–Crippen MR) is 107 cm³/mol. The molecule has 1 aromatic rings. The van der Waals surface area contributed by atoms with Crippen molar-refractivity contribution >= 4 is 22.6 Å². The van der Waals surface area contributed by atoms with Crippen LogP contribution in [0.3, 0.4) is 0 Å². The van der Waals surface area contributed by atoms with Crippen LogP contribution in [0.5, 0.6) is 5.75 Å². The minimum absolute atomic E-state index is 0.113. The van der Waals surface area contributed by atoms with E-state index < -0.39 is 5.60 Å². The van der Waals surface area contributed by atoms with Crippen LogP contribution < -0.4 is 0 Å². The van der Waals surface area contributed by atoms with Crippen molar-refractivity contribution in [1.82, 2.24) is 0 Å². The zero-order valence-corrected chi connectivity index (χ0v) is 17.1. The summed E-state index contributed by atoms with van der Waals surface area (Å²) in [5.41, 5.74) is 1.76. The van der Waals surface area contributed by atoms with Gasteiger partial charge in [-0.2, -0.15) is 0 Å². The molecular weight excluding hydrogens is 427 g/mol. The highest BCUT2D eigenvalue weighted by Gasteiger charge is 2.63. The van der Waals surface area contributed by atoms with Gasteiger partial charge < -0.3 is 14.9 Å². The average molecular weight is 454 g/mol. The highest BCUT2D eigenvalue weighted by molar-refractivity contribution is 14.1. The molecule has 136 valence electrons. The number of halogens is 1. The lowest BCUT2D eigenvalue weighted by Crippen LogP contribution is -2.54. The largest absolute Gasteiger partial charge is 0.508 e. The standard InChI is InChI=1S/C21H27IO3/c1-20-12-18(25-2)19-15-6-4-14(23)11-13(15)3-5-16(19)17(20)7-8-21(20,24)9-10-22/h4,6,9-11,16-19,23-24H,3,5,7-8,12H2,1-2H3/b10-9+/t16-,17-,18-,19+,20-,21+/m0/s1. The van der Waals surface area contributed by atoms with Gasteiger partial charge in [-0.3, -0.25) is 0 Å². The van der Waals surface area contributed by atoms with Gasteiger partial charge in [-0.1, -0.05) is 35.6 Å². The molecule has 2 N–H and O–H groups in total. The lowest BCUT2D eigenvalue weighted by Gasteiger charge is -2.55. The summed E-state index contributed by atoms with van der Waals surface area (Å²) < 4.78 is 7.96. The fraction of sp³-hybridized carbons (Fsp3) is 0.619. The molecule has 0 radical (unpaired) electrons. The topological polar surface area (TPSA) is 49.7 Å². The molecule has 0 spiro atoms. The van der Waals surface area contributed by atoms with E-state index in [1.54, 1.807) is 0 Å². The van der Waals surface area contributed by atoms with E-state index in [1.807, 2.05) is 29.4 Å². The van der Waals surface area contributed by atoms with Crippen LogP contribution in [0.25, 0.3) is 0 Å². The van der Waals surface area contributed by atoms with Crippen LogP contribution in [0.15, 0.2) is 28.4 Å². The molecule has 3 aliphatic carbocycles. The maximum absolute atomic E-state index is 11.4. The summed E-state index contributed by atoms with van der Waals surface area (Å²) in [7, 11) is 1.81. The van der Waals surface area contributed by atoms with Gasteiger partial charge in [-0.25, -0.2) is 0 Å². The van der Waals surface area contributed by atoms with Crippen LogP contribution in [0, 0.1) is 17.3 Å². The first-order chi connectivity index (χ1) is 11.9. The predicted octanol–water partition coefficient (Wildman–Crippen LogP) is 4.55. The molecule has 6 atom stereocenters. The number of ether oxygens (including phenoxy) is 1. The average Bonchev–Trinajstić information content (AvgIpc) is 2.85. The Kier molecular flexibility index (Phi) is 4.44. The molecule has 0 bridgehead atoms. The van der Waals surface area contributed by atoms with Crippen LogP contribution in [0.1, 0.15) is 49.7 Å². The monoisotopic (exact) mass is 454 g/mol. The lowest BCUT2D eigenvalue weighted by molar-refractivity contribution is -0.120. The number of aromatic hydroxyl groups is 1. The van der Waals surface area contributed by atoms with Crippen LogP contribution >= 0.6 is 22.6 Å². The van der Waals surface area contributed by atoms with Crippen molar-refractivity contribution < 1.29 is 14.9 Å². The Labute approximate surface area is 163 Å². The van der Waals surface area contributed by atoms with Gasteiger partial charge in [0.05, 0.1) is 11.7 Å². The maximum atomic E-state index is 11.4. The summed E-state index contributed by atoms with van der Waals surface area (Å²) in [5, 5.41) is 21.3. The van der Waals surface area contributed by atoms with E-state index in [4.69, 9.17) is 4.74 Å². The summed E-state index contributed by atoms with van der Waals surface area (Å²) in [6.07, 6.45) is 7.05. The highest BCUT2D eigenvalue weighted by Crippen LogP contribution is 2.65. The minimum atomic E-state index is -0.726. The second kappa shape index (κ2) is 6.24. The van der Waals surface area contributed by atoms with Gasteiger partial charge in [-0.15, -0.1) is 0 Å². The number of fused-ring (bicyclic) bond motifs is 5. The van der Waals surface area contributed by atoms with E-state index >= 15 is 0 Å². The molecule has 3 nitrogen and oxygen atoms in total. The molecule has 1 aromatic carbocycles. The van der Waals surface area contributed by atoms with Gasteiger partial charge in [-0.05, 0) is 77.4 Å². The number of aryl methyl sites for hydroxylation is 1. The van der Waals surface area contributed by atoms with E-state index in [1.165, 1.54) is 11.1 Å². The first-order valence-corrected chi connectivity index (χ1v) is 10.5. The van der Waals surface area contributed by atoms with Crippen molar-refractivity contribution in [3.8, 4) is 5.75 Å². The van der Waals surface area contributed by atoms with Crippen molar-refractivity contribution in [2.24, 2.45) is 17.3 Å². The molecule has 0 amide bonds. The maximum Gasteiger partial charge on any atom is 0.115 e. The van der Waals surface area contributed by atoms with Gasteiger partial charge in [0, 0.05) is 18.4 Å². The summed E-state index contributed by atoms with van der Waals surface area (Å²) in [4.78, 5) is 0. The molecule has 4 rings (SSSR count). The van der Waals surface area contributed by atoms with Crippen molar-refractivity contribution in [2.45, 2.75) is 56.7 Å². The third-order valence-electron chi connectivity index (χ3n) is 7.52. The van der Waals surface area contributed by atoms with Crippen molar-refractivity contribution in [1.29, 1.82) is 0 Å². The van der Waals surface area contributed by atoms with E-state index in [2.05, 4.69) is 35.6 Å². The van der Waals surface area contributed by atoms with Gasteiger partial charge in [0.1, 0.15) is 5.75 Å². The minimum Gasteiger partial charge on any atom is -0.508 e. The summed E-state index contributed by atoms with van der Waals surface area (Å²) in [5.74, 6) is 1.79. The summed E-state index contributed by atoms with van der Waals surface area (Å²) in [6, 6.07) is 5.84. The third-order valence-corrected chi connectivity index (χ3v) is 7.88. The summed E-state index contributed by atoms with van der Waals surface area (Å²) >= 11 is 2.22. The Morgan fingerprint density at radius 3 is 2.84 bits per heavy atom. The quantitative estimate of drug-likeness (QED) is 0.645. The molecule has 2 saturated carbocycles. The Balaban J connectivity index is 1.78. The number of hydrogen-bond donors (Lipinski definition) is 2. The SMILES string of the molecule is CO[C@H]1C[C@@]2(C)[C@@H](CC[C@@]2(O)/C=C/I)[C@@H]2CCc3cc(O)ccc3[C@H]21. The van der Waals surface area contributed by atoms with E-state index in [-0.39, 0.29) is 11.5 Å². The number of aliphatic hydroxyl groups is 1. The number of phenolic OH excluding ortho intramolecular Hbond substituents is 1. The first-order valence-electron chi connectivity index (χ1n) is 9.28. The molecule has 0 aliphatic heterocycles. The third kappa shape index (κ3) is 2.51. The van der Waals surface area contributed by atoms with Crippen LogP contribution in [-0.4, -0.2) is 29.0 Å². The lowest BCUT2D eigenvalue weighted by atomic mass is 9.52. The normalized spacial score (nSPS) is 42.9. The molecule has 0 heterocycles. The van der Waals surface area contributed by atoms with Gasteiger partial charge in [0.15, 0.2) is 0 Å². The number of methoxy groups -OCH3 is 1. The molecule has 0 aromatic heterocycles. The Morgan fingerprint density at radius 2 is 2.12 bits per heavy atom. The smallest absolute Gasteiger partial charge is 0.115 e. The van der Waals surface area contributed by atoms with E-state index in [0.29, 0.717) is 23.5 Å². The molecule has 2 fully saturated rings. The first kappa shape index (κ1) is 17.8. The van der Waals surface area contributed by atoms with Crippen molar-refractivity contribution in [3.63, 3.8) is 0 Å². The zero-order valence-electron chi connectivity index (χ0n) is 14.9. The fourth-order valence-corrected chi connectivity index (χ4v) is 6.86. The molecular formula is C21H27IO3. The van der Waals surface area contributed by atoms with Crippen molar-refractivity contribution in [3.05, 3.63) is 39.5 Å². The Hall–Kier alpha value is -0.590. The molecule has 4 heteroatoms.